The van der Waals surface area contributed by atoms with E-state index >= 15 is 0 Å². The maximum atomic E-state index is 2.46. The maximum absolute atomic E-state index is 2.46. The van der Waals surface area contributed by atoms with Crippen molar-refractivity contribution in [2.75, 3.05) is 0 Å². The second kappa shape index (κ2) is 10.1. The minimum atomic E-state index is 1.14. The summed E-state index contributed by atoms with van der Waals surface area (Å²) in [5, 5.41) is 2.45. The summed E-state index contributed by atoms with van der Waals surface area (Å²) in [6.07, 6.45) is 0. The van der Waals surface area contributed by atoms with Crippen LogP contribution in [0.15, 0.2) is 170 Å². The lowest BCUT2D eigenvalue weighted by atomic mass is 9.95. The molecule has 0 N–H and O–H groups in total. The van der Waals surface area contributed by atoms with E-state index in [2.05, 4.69) is 179 Å². The number of fused-ring (bicyclic) bond motifs is 2. The summed E-state index contributed by atoms with van der Waals surface area (Å²) in [5.74, 6) is 0. The van der Waals surface area contributed by atoms with Crippen molar-refractivity contribution in [3.63, 3.8) is 0 Å². The van der Waals surface area contributed by atoms with E-state index in [0.29, 0.717) is 0 Å². The molecular formula is C40H28N2. The van der Waals surface area contributed by atoms with Crippen LogP contribution in [0.4, 0.5) is 0 Å². The van der Waals surface area contributed by atoms with E-state index in [0.717, 1.165) is 11.4 Å². The molecule has 0 aliphatic rings. The van der Waals surface area contributed by atoms with Gasteiger partial charge >= 0.3 is 0 Å². The molecule has 0 unspecified atom stereocenters. The third-order valence-corrected chi connectivity index (χ3v) is 8.12. The number of aromatic nitrogens is 2. The Balaban J connectivity index is 1.64. The summed E-state index contributed by atoms with van der Waals surface area (Å²) < 4.78 is 4.89. The zero-order chi connectivity index (χ0) is 27.9. The van der Waals surface area contributed by atoms with Gasteiger partial charge in [0.25, 0.3) is 0 Å². The Morgan fingerprint density at radius 1 is 0.286 bits per heavy atom. The number of nitrogens with zero attached hydrogens (tertiary/aromatic N) is 2. The summed E-state index contributed by atoms with van der Waals surface area (Å²) in [6, 6.07) is 60.8. The van der Waals surface area contributed by atoms with Crippen LogP contribution in [0.3, 0.4) is 0 Å². The largest absolute Gasteiger partial charge is 0.309 e. The van der Waals surface area contributed by atoms with E-state index < -0.39 is 0 Å². The smallest absolute Gasteiger partial charge is 0.0647 e. The highest BCUT2D eigenvalue weighted by molar-refractivity contribution is 6.14. The van der Waals surface area contributed by atoms with Gasteiger partial charge in [-0.25, -0.2) is 0 Å². The molecule has 0 radical (unpaired) electrons. The average Bonchev–Trinajstić information content (AvgIpc) is 3.59. The van der Waals surface area contributed by atoms with Gasteiger partial charge in [-0.2, -0.15) is 0 Å². The molecule has 6 aromatic carbocycles. The molecule has 0 aliphatic heterocycles. The molecule has 42 heavy (non-hydrogen) atoms. The normalized spacial score (nSPS) is 11.3. The molecule has 0 aliphatic carbocycles. The van der Waals surface area contributed by atoms with E-state index in [1.165, 1.54) is 55.4 Å². The van der Waals surface area contributed by atoms with Gasteiger partial charge in [0.2, 0.25) is 0 Å². The third kappa shape index (κ3) is 3.81. The molecular weight excluding hydrogens is 508 g/mol. The van der Waals surface area contributed by atoms with Crippen LogP contribution in [0.25, 0.3) is 66.8 Å². The predicted molar refractivity (Wildman–Crippen MR) is 176 cm³/mol. The summed E-state index contributed by atoms with van der Waals surface area (Å²) >= 11 is 0. The van der Waals surface area contributed by atoms with Crippen LogP contribution in [-0.4, -0.2) is 9.13 Å². The van der Waals surface area contributed by atoms with Gasteiger partial charge in [-0.3, -0.25) is 0 Å². The Kier molecular flexibility index (Phi) is 5.82. The monoisotopic (exact) mass is 536 g/mol. The number of benzene rings is 6. The van der Waals surface area contributed by atoms with Crippen molar-refractivity contribution in [1.82, 2.24) is 9.13 Å². The van der Waals surface area contributed by atoms with Crippen LogP contribution in [0.1, 0.15) is 0 Å². The lowest BCUT2D eigenvalue weighted by molar-refractivity contribution is 1.12. The zero-order valence-corrected chi connectivity index (χ0v) is 23.1. The molecule has 2 heteroatoms. The Bertz CT molecular complexity index is 2080. The van der Waals surface area contributed by atoms with E-state index in [1.54, 1.807) is 0 Å². The summed E-state index contributed by atoms with van der Waals surface area (Å²) in [6.45, 7) is 0. The Hall–Kier alpha value is -5.60. The van der Waals surface area contributed by atoms with Crippen LogP contribution >= 0.6 is 0 Å². The summed E-state index contributed by atoms with van der Waals surface area (Å²) in [5.41, 5.74) is 11.9. The minimum absolute atomic E-state index is 1.14. The van der Waals surface area contributed by atoms with Gasteiger partial charge in [0.15, 0.2) is 0 Å². The van der Waals surface area contributed by atoms with Gasteiger partial charge < -0.3 is 9.13 Å². The SMILES string of the molecule is c1ccc(-c2c(-c3c(-c4ccccc4)n(-c4ccccc4)c4ccccc34)n(-c3ccccc3)c3ccccc23)cc1. The van der Waals surface area contributed by atoms with Crippen LogP contribution in [0.2, 0.25) is 0 Å². The molecule has 0 bridgehead atoms. The molecule has 8 aromatic rings. The van der Waals surface area contributed by atoms with Crippen LogP contribution < -0.4 is 0 Å². The topological polar surface area (TPSA) is 9.86 Å². The van der Waals surface area contributed by atoms with Gasteiger partial charge in [0.1, 0.15) is 0 Å². The van der Waals surface area contributed by atoms with Crippen molar-refractivity contribution in [2.45, 2.75) is 0 Å². The molecule has 8 rings (SSSR count). The Morgan fingerprint density at radius 2 is 0.667 bits per heavy atom. The summed E-state index contributed by atoms with van der Waals surface area (Å²) in [7, 11) is 0. The van der Waals surface area contributed by atoms with Crippen molar-refractivity contribution < 1.29 is 0 Å². The molecule has 0 saturated carbocycles. The fourth-order valence-corrected chi connectivity index (χ4v) is 6.41. The Morgan fingerprint density at radius 3 is 1.19 bits per heavy atom. The van der Waals surface area contributed by atoms with Gasteiger partial charge in [0, 0.05) is 33.3 Å². The molecule has 0 saturated heterocycles. The molecule has 0 fully saturated rings. The predicted octanol–water partition coefficient (Wildman–Crippen LogP) is 10.6. The lowest BCUT2D eigenvalue weighted by Gasteiger charge is -2.17. The summed E-state index contributed by atoms with van der Waals surface area (Å²) in [4.78, 5) is 0. The molecule has 0 atom stereocenters. The van der Waals surface area contributed by atoms with Crippen LogP contribution in [0, 0.1) is 0 Å². The highest BCUT2D eigenvalue weighted by atomic mass is 15.0. The molecule has 2 heterocycles. The van der Waals surface area contributed by atoms with Crippen molar-refractivity contribution >= 4 is 21.8 Å². The molecule has 0 amide bonds. The van der Waals surface area contributed by atoms with Crippen molar-refractivity contribution in [2.24, 2.45) is 0 Å². The van der Waals surface area contributed by atoms with Crippen molar-refractivity contribution in [1.29, 1.82) is 0 Å². The molecule has 2 nitrogen and oxygen atoms in total. The Labute approximate surface area is 245 Å². The first kappa shape index (κ1) is 24.2. The fraction of sp³-hybridized carbons (Fsp3) is 0. The maximum Gasteiger partial charge on any atom is 0.0647 e. The molecule has 198 valence electrons. The van der Waals surface area contributed by atoms with Gasteiger partial charge in [0.05, 0.1) is 22.4 Å². The van der Waals surface area contributed by atoms with E-state index in [4.69, 9.17) is 0 Å². The quantitative estimate of drug-likeness (QED) is 0.207. The van der Waals surface area contributed by atoms with Crippen molar-refractivity contribution in [3.05, 3.63) is 170 Å². The first-order chi connectivity index (χ1) is 20.9. The first-order valence-corrected chi connectivity index (χ1v) is 14.4. The van der Waals surface area contributed by atoms with E-state index in [-0.39, 0.29) is 0 Å². The number of hydrogen-bond acceptors (Lipinski definition) is 0. The van der Waals surface area contributed by atoms with Crippen molar-refractivity contribution in [3.8, 4) is 45.0 Å². The zero-order valence-electron chi connectivity index (χ0n) is 23.1. The molecule has 0 spiro atoms. The number of hydrogen-bond donors (Lipinski definition) is 0. The second-order valence-electron chi connectivity index (χ2n) is 10.6. The van der Waals surface area contributed by atoms with E-state index in [9.17, 15) is 0 Å². The average molecular weight is 537 g/mol. The van der Waals surface area contributed by atoms with Gasteiger partial charge in [-0.1, -0.05) is 133 Å². The highest BCUT2D eigenvalue weighted by Crippen LogP contribution is 2.50. The minimum Gasteiger partial charge on any atom is -0.309 e. The second-order valence-corrected chi connectivity index (χ2v) is 10.6. The van der Waals surface area contributed by atoms with E-state index in [1.807, 2.05) is 0 Å². The number of para-hydroxylation sites is 4. The first-order valence-electron chi connectivity index (χ1n) is 14.4. The van der Waals surface area contributed by atoms with Crippen LogP contribution in [-0.2, 0) is 0 Å². The molecule has 2 aromatic heterocycles. The van der Waals surface area contributed by atoms with Crippen LogP contribution in [0.5, 0.6) is 0 Å². The fourth-order valence-electron chi connectivity index (χ4n) is 6.41. The number of rotatable bonds is 5. The highest BCUT2D eigenvalue weighted by Gasteiger charge is 2.28. The lowest BCUT2D eigenvalue weighted by Crippen LogP contribution is -2.00. The third-order valence-electron chi connectivity index (χ3n) is 8.12. The standard InChI is InChI=1S/C40H28N2/c1-5-17-29(18-6-1)37-33-25-13-15-27-35(33)42(32-23-11-4-12-24-32)40(37)38-34-26-14-16-28-36(34)41(31-21-9-3-10-22-31)39(38)30-19-7-2-8-20-30/h1-28H. The van der Waals surface area contributed by atoms with Gasteiger partial charge in [-0.15, -0.1) is 0 Å². The van der Waals surface area contributed by atoms with Gasteiger partial charge in [-0.05, 0) is 47.5 Å².